The molecule has 2 rings (SSSR count). The topological polar surface area (TPSA) is 64.1 Å². The molecule has 2 N–H and O–H groups in total. The van der Waals surface area contributed by atoms with Crippen molar-refractivity contribution in [3.8, 4) is 11.5 Å². The minimum Gasteiger partial charge on any atom is -0.454 e. The smallest absolute Gasteiger partial charge is 0.231 e. The molecule has 122 valence electrons. The van der Waals surface area contributed by atoms with Crippen LogP contribution in [-0.4, -0.2) is 39.1 Å². The lowest BCUT2D eigenvalue weighted by Crippen LogP contribution is -2.45. The lowest BCUT2D eigenvalue weighted by Gasteiger charge is -2.24. The summed E-state index contributed by atoms with van der Waals surface area (Å²) in [6, 6.07) is 3.97. The molecule has 0 amide bonds. The highest BCUT2D eigenvalue weighted by Gasteiger charge is 2.19. The van der Waals surface area contributed by atoms with Crippen molar-refractivity contribution in [2.24, 2.45) is 4.99 Å². The van der Waals surface area contributed by atoms with E-state index in [4.69, 9.17) is 14.2 Å². The lowest BCUT2D eigenvalue weighted by molar-refractivity contribution is 0.0268. The second kappa shape index (κ2) is 7.19. The van der Waals surface area contributed by atoms with Gasteiger partial charge in [0.2, 0.25) is 6.79 Å². The summed E-state index contributed by atoms with van der Waals surface area (Å²) in [5.41, 5.74) is 0.824. The molecule has 0 aliphatic carbocycles. The van der Waals surface area contributed by atoms with Crippen LogP contribution in [0.1, 0.15) is 19.4 Å². The van der Waals surface area contributed by atoms with Gasteiger partial charge in [0, 0.05) is 27.2 Å². The van der Waals surface area contributed by atoms with E-state index < -0.39 is 0 Å². The van der Waals surface area contributed by atoms with Crippen LogP contribution in [-0.2, 0) is 11.3 Å². The maximum Gasteiger partial charge on any atom is 0.231 e. The molecule has 0 unspecified atom stereocenters. The molecule has 1 aromatic carbocycles. The number of rotatable bonds is 5. The van der Waals surface area contributed by atoms with E-state index in [0.717, 1.165) is 27.5 Å². The summed E-state index contributed by atoms with van der Waals surface area (Å²) in [4.78, 5) is 4.21. The molecule has 0 saturated heterocycles. The van der Waals surface area contributed by atoms with Crippen molar-refractivity contribution in [1.29, 1.82) is 0 Å². The van der Waals surface area contributed by atoms with Crippen LogP contribution in [0.25, 0.3) is 0 Å². The molecule has 0 spiro atoms. The molecule has 1 aliphatic rings. The van der Waals surface area contributed by atoms with Crippen molar-refractivity contribution in [1.82, 2.24) is 10.6 Å². The Morgan fingerprint density at radius 3 is 2.82 bits per heavy atom. The number of hydrogen-bond donors (Lipinski definition) is 2. The number of nitrogens with zero attached hydrogens (tertiary/aromatic N) is 1. The minimum atomic E-state index is -0.251. The number of hydrogen-bond acceptors (Lipinski definition) is 4. The Balaban J connectivity index is 1.93. The zero-order valence-electron chi connectivity index (χ0n) is 13.3. The number of guanidine groups is 1. The van der Waals surface area contributed by atoms with Gasteiger partial charge in [0.25, 0.3) is 0 Å². The van der Waals surface area contributed by atoms with Gasteiger partial charge in [-0.05, 0) is 47.5 Å². The average Bonchev–Trinajstić information content (AvgIpc) is 2.96. The highest BCUT2D eigenvalue weighted by atomic mass is 79.9. The van der Waals surface area contributed by atoms with Gasteiger partial charge in [-0.3, -0.25) is 4.99 Å². The second-order valence-electron chi connectivity index (χ2n) is 5.55. The Kier molecular flexibility index (Phi) is 5.52. The molecule has 0 radical (unpaired) electrons. The molecular formula is C15H22BrN3O3. The molecule has 0 fully saturated rings. The Morgan fingerprint density at radius 1 is 1.36 bits per heavy atom. The largest absolute Gasteiger partial charge is 0.454 e. The molecule has 0 bridgehead atoms. The van der Waals surface area contributed by atoms with Gasteiger partial charge in [-0.2, -0.15) is 0 Å². The first-order valence-electron chi connectivity index (χ1n) is 7.03. The van der Waals surface area contributed by atoms with Gasteiger partial charge in [-0.15, -0.1) is 0 Å². The number of benzene rings is 1. The van der Waals surface area contributed by atoms with Crippen molar-refractivity contribution in [2.75, 3.05) is 27.5 Å². The van der Waals surface area contributed by atoms with Gasteiger partial charge in [0.1, 0.15) is 0 Å². The lowest BCUT2D eigenvalue weighted by atomic mass is 10.1. The summed E-state index contributed by atoms with van der Waals surface area (Å²) < 4.78 is 17.1. The first-order valence-corrected chi connectivity index (χ1v) is 7.82. The van der Waals surface area contributed by atoms with Crippen molar-refractivity contribution in [3.05, 3.63) is 22.2 Å². The Bertz CT molecular complexity index is 561. The zero-order valence-corrected chi connectivity index (χ0v) is 14.9. The fourth-order valence-corrected chi connectivity index (χ4v) is 2.50. The standard InChI is InChI=1S/C15H22BrN3O3/c1-15(2,20-4)8-19-14(17-3)18-7-10-5-11(16)13-12(6-10)21-9-22-13/h5-6H,7-9H2,1-4H3,(H2,17,18,19). The maximum atomic E-state index is 5.42. The molecule has 0 saturated carbocycles. The number of halogens is 1. The van der Waals surface area contributed by atoms with E-state index in [0.29, 0.717) is 13.1 Å². The second-order valence-corrected chi connectivity index (χ2v) is 6.41. The molecule has 7 heteroatoms. The molecule has 1 aromatic rings. The fraction of sp³-hybridized carbons (Fsp3) is 0.533. The van der Waals surface area contributed by atoms with Gasteiger partial charge >= 0.3 is 0 Å². The predicted molar refractivity (Wildman–Crippen MR) is 89.6 cm³/mol. The third kappa shape index (κ3) is 4.27. The van der Waals surface area contributed by atoms with Crippen molar-refractivity contribution in [2.45, 2.75) is 26.0 Å². The first kappa shape index (κ1) is 16.9. The van der Waals surface area contributed by atoms with Crippen LogP contribution in [0.2, 0.25) is 0 Å². The van der Waals surface area contributed by atoms with Gasteiger partial charge in [0.15, 0.2) is 17.5 Å². The van der Waals surface area contributed by atoms with E-state index in [1.165, 1.54) is 0 Å². The SMILES string of the molecule is CN=C(NCc1cc(Br)c2c(c1)OCO2)NCC(C)(C)OC. The summed E-state index contributed by atoms with van der Waals surface area (Å²) in [6.07, 6.45) is 0. The number of nitrogens with one attached hydrogen (secondary N) is 2. The molecule has 0 aromatic heterocycles. The first-order chi connectivity index (χ1) is 10.4. The molecule has 6 nitrogen and oxygen atoms in total. The third-order valence-corrected chi connectivity index (χ3v) is 3.99. The third-order valence-electron chi connectivity index (χ3n) is 3.40. The summed E-state index contributed by atoms with van der Waals surface area (Å²) in [5, 5.41) is 6.51. The Morgan fingerprint density at radius 2 is 2.14 bits per heavy atom. The van der Waals surface area contributed by atoms with Gasteiger partial charge < -0.3 is 24.8 Å². The number of methoxy groups -OCH3 is 1. The van der Waals surface area contributed by atoms with Crippen molar-refractivity contribution >= 4 is 21.9 Å². The van der Waals surface area contributed by atoms with Crippen LogP contribution in [0.5, 0.6) is 11.5 Å². The normalized spacial score (nSPS) is 14.1. The van der Waals surface area contributed by atoms with Gasteiger partial charge in [0.05, 0.1) is 10.1 Å². The van der Waals surface area contributed by atoms with E-state index in [1.807, 2.05) is 26.0 Å². The molecule has 0 atom stereocenters. The Labute approximate surface area is 139 Å². The van der Waals surface area contributed by atoms with Gasteiger partial charge in [-0.1, -0.05) is 0 Å². The highest BCUT2D eigenvalue weighted by molar-refractivity contribution is 9.10. The molecular weight excluding hydrogens is 350 g/mol. The molecule has 1 aliphatic heterocycles. The monoisotopic (exact) mass is 371 g/mol. The van der Waals surface area contributed by atoms with Crippen LogP contribution >= 0.6 is 15.9 Å². The van der Waals surface area contributed by atoms with Gasteiger partial charge in [-0.25, -0.2) is 0 Å². The van der Waals surface area contributed by atoms with E-state index >= 15 is 0 Å². The molecule has 1 heterocycles. The van der Waals surface area contributed by atoms with Crippen LogP contribution < -0.4 is 20.1 Å². The summed E-state index contributed by atoms with van der Waals surface area (Å²) >= 11 is 3.49. The average molecular weight is 372 g/mol. The Hall–Kier alpha value is -1.47. The maximum absolute atomic E-state index is 5.42. The zero-order chi connectivity index (χ0) is 16.2. The fourth-order valence-electron chi connectivity index (χ4n) is 1.90. The van der Waals surface area contributed by atoms with E-state index in [2.05, 4.69) is 31.6 Å². The predicted octanol–water partition coefficient (Wildman–Crippen LogP) is 2.27. The molecule has 22 heavy (non-hydrogen) atoms. The quantitative estimate of drug-likeness (QED) is 0.613. The van der Waals surface area contributed by atoms with Crippen LogP contribution in [0.3, 0.4) is 0 Å². The van der Waals surface area contributed by atoms with Crippen LogP contribution in [0.15, 0.2) is 21.6 Å². The number of ether oxygens (including phenoxy) is 3. The summed E-state index contributed by atoms with van der Waals surface area (Å²) in [6.45, 7) is 5.58. The van der Waals surface area contributed by atoms with Crippen molar-refractivity contribution in [3.63, 3.8) is 0 Å². The van der Waals surface area contributed by atoms with E-state index in [1.54, 1.807) is 14.2 Å². The minimum absolute atomic E-state index is 0.251. The van der Waals surface area contributed by atoms with Crippen LogP contribution in [0, 0.1) is 0 Å². The van der Waals surface area contributed by atoms with E-state index in [-0.39, 0.29) is 12.4 Å². The van der Waals surface area contributed by atoms with Crippen molar-refractivity contribution < 1.29 is 14.2 Å². The number of fused-ring (bicyclic) bond motifs is 1. The summed E-state index contributed by atoms with van der Waals surface area (Å²) in [5.74, 6) is 2.24. The summed E-state index contributed by atoms with van der Waals surface area (Å²) in [7, 11) is 3.44. The van der Waals surface area contributed by atoms with E-state index in [9.17, 15) is 0 Å². The van der Waals surface area contributed by atoms with Crippen LogP contribution in [0.4, 0.5) is 0 Å². The highest BCUT2D eigenvalue weighted by Crippen LogP contribution is 2.39. The number of aliphatic imine (C=N–C) groups is 1.